The number of carbonyl (C=O) groups is 1. The van der Waals surface area contributed by atoms with Crippen molar-refractivity contribution in [1.82, 2.24) is 19.9 Å². The molecule has 0 spiro atoms. The molecule has 0 saturated carbocycles. The number of nitrogens with zero attached hydrogens (tertiary/aromatic N) is 4. The highest BCUT2D eigenvalue weighted by molar-refractivity contribution is 5.94. The summed E-state index contributed by atoms with van der Waals surface area (Å²) in [4.78, 5) is 20.9. The Morgan fingerprint density at radius 1 is 1.00 bits per heavy atom. The predicted octanol–water partition coefficient (Wildman–Crippen LogP) is 2.83. The second kappa shape index (κ2) is 7.67. The van der Waals surface area contributed by atoms with Crippen LogP contribution in [0.1, 0.15) is 16.2 Å². The van der Waals surface area contributed by atoms with Crippen LogP contribution in [0, 0.1) is 5.82 Å². The minimum atomic E-state index is -0.304. The van der Waals surface area contributed by atoms with E-state index in [2.05, 4.69) is 15.0 Å². The monoisotopic (exact) mass is 366 g/mol. The highest BCUT2D eigenvalue weighted by Crippen LogP contribution is 2.18. The van der Waals surface area contributed by atoms with Gasteiger partial charge in [0.15, 0.2) is 5.82 Å². The first-order valence-corrected chi connectivity index (χ1v) is 8.84. The Morgan fingerprint density at radius 2 is 1.70 bits per heavy atom. The van der Waals surface area contributed by atoms with Crippen LogP contribution in [0.3, 0.4) is 0 Å². The van der Waals surface area contributed by atoms with Crippen molar-refractivity contribution in [3.8, 4) is 11.5 Å². The van der Waals surface area contributed by atoms with Crippen LogP contribution in [0.25, 0.3) is 11.5 Å². The Hall–Kier alpha value is -3.06. The van der Waals surface area contributed by atoms with Gasteiger partial charge in [0.2, 0.25) is 0 Å². The van der Waals surface area contributed by atoms with Gasteiger partial charge in [-0.1, -0.05) is 23.4 Å². The lowest BCUT2D eigenvalue weighted by molar-refractivity contribution is 0.0624. The minimum absolute atomic E-state index is 0.0633. The fourth-order valence-corrected chi connectivity index (χ4v) is 3.10. The molecule has 1 amide bonds. The maximum Gasteiger partial charge on any atom is 0.257 e. The van der Waals surface area contributed by atoms with E-state index in [1.54, 1.807) is 12.1 Å². The number of benzene rings is 2. The van der Waals surface area contributed by atoms with Crippen LogP contribution in [0.15, 0.2) is 59.1 Å². The summed E-state index contributed by atoms with van der Waals surface area (Å²) in [7, 11) is 0. The molecule has 27 heavy (non-hydrogen) atoms. The predicted molar refractivity (Wildman–Crippen MR) is 97.3 cm³/mol. The van der Waals surface area contributed by atoms with Crippen molar-refractivity contribution in [2.45, 2.75) is 6.54 Å². The summed E-state index contributed by atoms with van der Waals surface area (Å²) in [6, 6.07) is 15.3. The summed E-state index contributed by atoms with van der Waals surface area (Å²) in [6.07, 6.45) is 0. The summed E-state index contributed by atoms with van der Waals surface area (Å²) in [5.41, 5.74) is 1.40. The van der Waals surface area contributed by atoms with Crippen molar-refractivity contribution in [3.63, 3.8) is 0 Å². The number of rotatable bonds is 4. The quantitative estimate of drug-likeness (QED) is 0.711. The van der Waals surface area contributed by atoms with Crippen LogP contribution in [-0.2, 0) is 6.54 Å². The molecule has 0 radical (unpaired) electrons. The molecule has 1 fully saturated rings. The topological polar surface area (TPSA) is 62.5 Å². The number of halogens is 1. The van der Waals surface area contributed by atoms with Crippen LogP contribution in [-0.4, -0.2) is 52.0 Å². The molecule has 0 N–H and O–H groups in total. The van der Waals surface area contributed by atoms with Gasteiger partial charge in [-0.25, -0.2) is 4.39 Å². The SMILES string of the molecule is O=C(c1ccccc1)N1CCN(Cc2noc(-c3ccc(F)cc3)n2)CC1. The Bertz CT molecular complexity index is 903. The van der Waals surface area contributed by atoms with E-state index in [9.17, 15) is 9.18 Å². The van der Waals surface area contributed by atoms with Crippen molar-refractivity contribution in [3.05, 3.63) is 71.8 Å². The molecule has 2 heterocycles. The van der Waals surface area contributed by atoms with E-state index in [4.69, 9.17) is 4.52 Å². The number of hydrogen-bond acceptors (Lipinski definition) is 5. The van der Waals surface area contributed by atoms with E-state index in [1.165, 1.54) is 12.1 Å². The van der Waals surface area contributed by atoms with Crippen molar-refractivity contribution in [2.75, 3.05) is 26.2 Å². The molecular formula is C20H19FN4O2. The van der Waals surface area contributed by atoms with Gasteiger partial charge < -0.3 is 9.42 Å². The summed E-state index contributed by atoms with van der Waals surface area (Å²) in [5, 5.41) is 4.01. The van der Waals surface area contributed by atoms with Crippen LogP contribution in [0.4, 0.5) is 4.39 Å². The molecule has 6 nitrogen and oxygen atoms in total. The molecular weight excluding hydrogens is 347 g/mol. The van der Waals surface area contributed by atoms with Gasteiger partial charge in [0.05, 0.1) is 6.54 Å². The van der Waals surface area contributed by atoms with Crippen LogP contribution in [0.2, 0.25) is 0 Å². The summed E-state index contributed by atoms with van der Waals surface area (Å²) in [5.74, 6) is 0.717. The molecule has 138 valence electrons. The van der Waals surface area contributed by atoms with E-state index < -0.39 is 0 Å². The van der Waals surface area contributed by atoms with Crippen LogP contribution in [0.5, 0.6) is 0 Å². The van der Waals surface area contributed by atoms with E-state index in [0.717, 1.165) is 13.1 Å². The molecule has 2 aromatic carbocycles. The van der Waals surface area contributed by atoms with Crippen LogP contribution < -0.4 is 0 Å². The first-order valence-electron chi connectivity index (χ1n) is 8.84. The molecule has 1 saturated heterocycles. The zero-order chi connectivity index (χ0) is 18.6. The normalized spacial score (nSPS) is 15.1. The zero-order valence-electron chi connectivity index (χ0n) is 14.7. The van der Waals surface area contributed by atoms with Crippen LogP contribution >= 0.6 is 0 Å². The highest BCUT2D eigenvalue weighted by atomic mass is 19.1. The van der Waals surface area contributed by atoms with E-state index in [1.807, 2.05) is 35.2 Å². The van der Waals surface area contributed by atoms with E-state index in [-0.39, 0.29) is 11.7 Å². The molecule has 0 unspecified atom stereocenters. The van der Waals surface area contributed by atoms with Gasteiger partial charge in [-0.05, 0) is 36.4 Å². The third-order valence-corrected chi connectivity index (χ3v) is 4.60. The number of aromatic nitrogens is 2. The summed E-state index contributed by atoms with van der Waals surface area (Å²) < 4.78 is 18.3. The fourth-order valence-electron chi connectivity index (χ4n) is 3.10. The Labute approximate surface area is 156 Å². The average molecular weight is 366 g/mol. The molecule has 3 aromatic rings. The summed E-state index contributed by atoms with van der Waals surface area (Å²) in [6.45, 7) is 3.38. The van der Waals surface area contributed by atoms with Gasteiger partial charge in [0.1, 0.15) is 5.82 Å². The van der Waals surface area contributed by atoms with E-state index in [0.29, 0.717) is 42.5 Å². The highest BCUT2D eigenvalue weighted by Gasteiger charge is 2.23. The molecule has 1 aliphatic rings. The Kier molecular flexibility index (Phi) is 4.93. The van der Waals surface area contributed by atoms with Gasteiger partial charge in [-0.2, -0.15) is 4.98 Å². The molecule has 0 atom stereocenters. The molecule has 0 aliphatic carbocycles. The second-order valence-corrected chi connectivity index (χ2v) is 6.46. The van der Waals surface area contributed by atoms with Crippen molar-refractivity contribution in [2.24, 2.45) is 0 Å². The third-order valence-electron chi connectivity index (χ3n) is 4.60. The zero-order valence-corrected chi connectivity index (χ0v) is 14.7. The number of hydrogen-bond donors (Lipinski definition) is 0. The van der Waals surface area contributed by atoms with E-state index >= 15 is 0 Å². The third kappa shape index (κ3) is 4.03. The molecule has 0 bridgehead atoms. The largest absolute Gasteiger partial charge is 0.336 e. The van der Waals surface area contributed by atoms with Gasteiger partial charge in [0, 0.05) is 37.3 Å². The maximum absolute atomic E-state index is 13.0. The Morgan fingerprint density at radius 3 is 2.41 bits per heavy atom. The molecule has 4 rings (SSSR count). The van der Waals surface area contributed by atoms with Crippen molar-refractivity contribution < 1.29 is 13.7 Å². The first-order chi connectivity index (χ1) is 13.2. The number of piperazine rings is 1. The lowest BCUT2D eigenvalue weighted by Gasteiger charge is -2.34. The average Bonchev–Trinajstić information content (AvgIpc) is 3.18. The second-order valence-electron chi connectivity index (χ2n) is 6.46. The molecule has 7 heteroatoms. The van der Waals surface area contributed by atoms with Gasteiger partial charge >= 0.3 is 0 Å². The summed E-state index contributed by atoms with van der Waals surface area (Å²) >= 11 is 0. The smallest absolute Gasteiger partial charge is 0.257 e. The van der Waals surface area contributed by atoms with Gasteiger partial charge in [-0.3, -0.25) is 9.69 Å². The lowest BCUT2D eigenvalue weighted by atomic mass is 10.2. The lowest BCUT2D eigenvalue weighted by Crippen LogP contribution is -2.48. The maximum atomic E-state index is 13.0. The van der Waals surface area contributed by atoms with Gasteiger partial charge in [-0.15, -0.1) is 0 Å². The van der Waals surface area contributed by atoms with Crippen molar-refractivity contribution >= 4 is 5.91 Å². The number of amides is 1. The minimum Gasteiger partial charge on any atom is -0.336 e. The molecule has 1 aromatic heterocycles. The first kappa shape index (κ1) is 17.4. The number of carbonyl (C=O) groups excluding carboxylic acids is 1. The van der Waals surface area contributed by atoms with Gasteiger partial charge in [0.25, 0.3) is 11.8 Å². The standard InChI is InChI=1S/C20H19FN4O2/c21-17-8-6-15(7-9-17)19-22-18(23-27-19)14-24-10-12-25(13-11-24)20(26)16-4-2-1-3-5-16/h1-9H,10-14H2. The Balaban J connectivity index is 1.33. The van der Waals surface area contributed by atoms with Crippen molar-refractivity contribution in [1.29, 1.82) is 0 Å². The fraction of sp³-hybridized carbons (Fsp3) is 0.250. The molecule has 1 aliphatic heterocycles.